The van der Waals surface area contributed by atoms with Crippen molar-refractivity contribution in [1.82, 2.24) is 16.0 Å². The molecular weight excluding hydrogens is 679 g/mol. The highest BCUT2D eigenvalue weighted by Gasteiger charge is 2.31. The number of benzene rings is 3. The Kier molecular flexibility index (Phi) is 13.3. The zero-order valence-electron chi connectivity index (χ0n) is 28.2. The van der Waals surface area contributed by atoms with Crippen molar-refractivity contribution in [2.75, 3.05) is 16.0 Å². The monoisotopic (exact) mass is 713 g/mol. The van der Waals surface area contributed by atoms with E-state index in [1.165, 1.54) is 45.0 Å². The topological polar surface area (TPSA) is 261 Å². The van der Waals surface area contributed by atoms with Crippen molar-refractivity contribution in [3.8, 4) is 0 Å². The Bertz CT molecular complexity index is 1920. The van der Waals surface area contributed by atoms with Crippen LogP contribution in [0.25, 0.3) is 0 Å². The second kappa shape index (κ2) is 17.3. The van der Waals surface area contributed by atoms with E-state index < -0.39 is 33.9 Å². The first-order valence-corrected chi connectivity index (χ1v) is 15.5. The average Bonchev–Trinajstić information content (AvgIpc) is 3.05. The van der Waals surface area contributed by atoms with Crippen molar-refractivity contribution in [2.24, 2.45) is 0 Å². The molecule has 6 amide bonds. The average molecular weight is 713 g/mol. The van der Waals surface area contributed by atoms with Gasteiger partial charge >= 0.3 is 0 Å². The zero-order valence-corrected chi connectivity index (χ0v) is 28.2. The molecule has 3 aromatic carbocycles. The van der Waals surface area contributed by atoms with Crippen molar-refractivity contribution in [2.45, 2.75) is 58.2 Å². The number of nitrogens with zero attached hydrogens (tertiary/aromatic N) is 2. The maximum absolute atomic E-state index is 11.7. The molecule has 0 spiro atoms. The SMILES string of the molecule is CC(=O)NC1Cc2cc([N+](=O)[O-])ccc2NC1=O.CC(=O)NC1Cc2cccc([N+](=O)[O-])c2NC1=O.CC(=O)NC1Cc2ccccc2NC1=O.[B]. The third-order valence-corrected chi connectivity index (χ3v) is 7.76. The van der Waals surface area contributed by atoms with Gasteiger partial charge in [0.1, 0.15) is 23.8 Å². The van der Waals surface area contributed by atoms with Crippen molar-refractivity contribution >= 4 is 72.3 Å². The fraction of sp³-hybridized carbons (Fsp3) is 0.273. The molecule has 3 aliphatic heterocycles. The van der Waals surface area contributed by atoms with Crippen molar-refractivity contribution < 1.29 is 38.6 Å². The lowest BCUT2D eigenvalue weighted by Gasteiger charge is -2.24. The summed E-state index contributed by atoms with van der Waals surface area (Å²) in [5.41, 5.74) is 3.76. The first-order valence-electron chi connectivity index (χ1n) is 15.5. The molecule has 6 rings (SSSR count). The van der Waals surface area contributed by atoms with Crippen molar-refractivity contribution in [3.63, 3.8) is 0 Å². The number of amides is 6. The molecule has 0 aliphatic carbocycles. The minimum atomic E-state index is -0.683. The van der Waals surface area contributed by atoms with E-state index in [4.69, 9.17) is 0 Å². The van der Waals surface area contributed by atoms with Crippen molar-refractivity contribution in [3.05, 3.63) is 97.6 Å². The van der Waals surface area contributed by atoms with Gasteiger partial charge in [0.25, 0.3) is 11.4 Å². The molecule has 3 unspecified atom stereocenters. The lowest BCUT2D eigenvalue weighted by Crippen LogP contribution is -2.47. The van der Waals surface area contributed by atoms with E-state index in [1.807, 2.05) is 24.3 Å². The van der Waals surface area contributed by atoms with Gasteiger partial charge in [-0.1, -0.05) is 30.3 Å². The molecule has 3 aliphatic rings. The maximum Gasteiger partial charge on any atom is 0.293 e. The second-order valence-electron chi connectivity index (χ2n) is 11.7. The standard InChI is InChI=1S/2C11H11N3O4.C11H12N2O2.B/c1-6(15)12-10-5-7-4-8(14(17)18)2-3-9(7)13-11(10)16;1-6(15)12-8-5-7-3-2-4-9(14(17)18)10(7)13-11(8)16;1-7(14)12-10-6-8-4-2-3-5-9(8)13-11(10)15;/h2-4,10H,5H2,1H3,(H,12,15)(H,13,16);2-4,8H,5H2,1H3,(H,12,15)(H,13,16);2-5,10H,6H2,1H3,(H,12,14)(H,13,15);. The number of anilines is 3. The second-order valence-corrected chi connectivity index (χ2v) is 11.7. The number of para-hydroxylation sites is 2. The molecule has 18 nitrogen and oxygen atoms in total. The third-order valence-electron chi connectivity index (χ3n) is 7.76. The van der Waals surface area contributed by atoms with Gasteiger partial charge < -0.3 is 31.9 Å². The molecule has 0 bridgehead atoms. The number of carbonyl (C=O) groups is 6. The number of fused-ring (bicyclic) bond motifs is 3. The van der Waals surface area contributed by atoms with E-state index in [1.54, 1.807) is 12.1 Å². The quantitative estimate of drug-likeness (QED) is 0.126. The van der Waals surface area contributed by atoms with Gasteiger partial charge in [-0.25, -0.2) is 0 Å². The summed E-state index contributed by atoms with van der Waals surface area (Å²) in [4.78, 5) is 88.1. The van der Waals surface area contributed by atoms with Gasteiger partial charge in [-0.2, -0.15) is 0 Å². The Hall–Kier alpha value is -6.66. The molecule has 0 aromatic heterocycles. The van der Waals surface area contributed by atoms with E-state index >= 15 is 0 Å². The van der Waals surface area contributed by atoms with Gasteiger partial charge in [-0.05, 0) is 28.8 Å². The summed E-state index contributed by atoms with van der Waals surface area (Å²) in [7, 11) is 0. The Morgan fingerprint density at radius 1 is 0.615 bits per heavy atom. The predicted molar refractivity (Wildman–Crippen MR) is 188 cm³/mol. The van der Waals surface area contributed by atoms with Gasteiger partial charge in [-0.3, -0.25) is 49.0 Å². The molecule has 269 valence electrons. The lowest BCUT2D eigenvalue weighted by molar-refractivity contribution is -0.384. The fourth-order valence-electron chi connectivity index (χ4n) is 5.53. The highest BCUT2D eigenvalue weighted by molar-refractivity contribution is 6.02. The molecule has 0 saturated heterocycles. The molecule has 52 heavy (non-hydrogen) atoms. The van der Waals surface area contributed by atoms with Crippen LogP contribution in [0.1, 0.15) is 37.5 Å². The Morgan fingerprint density at radius 3 is 1.60 bits per heavy atom. The van der Waals surface area contributed by atoms with Crippen LogP contribution >= 0.6 is 0 Å². The number of nitro benzene ring substituents is 2. The minimum absolute atomic E-state index is 0. The number of hydrogen-bond acceptors (Lipinski definition) is 10. The number of hydrogen-bond donors (Lipinski definition) is 6. The fourth-order valence-corrected chi connectivity index (χ4v) is 5.53. The molecule has 3 heterocycles. The number of non-ortho nitro benzene ring substituents is 1. The number of nitrogens with one attached hydrogen (secondary N) is 6. The largest absolute Gasteiger partial charge is 0.344 e. The Morgan fingerprint density at radius 2 is 1.08 bits per heavy atom. The van der Waals surface area contributed by atoms with E-state index in [0.717, 1.165) is 11.3 Å². The van der Waals surface area contributed by atoms with Crippen LogP contribution in [0.15, 0.2) is 60.7 Å². The molecule has 19 heteroatoms. The Balaban J connectivity index is 0.000000209. The third kappa shape index (κ3) is 10.2. The number of nitro groups is 2. The van der Waals surface area contributed by atoms with Gasteiger partial charge in [0, 0.05) is 78.0 Å². The summed E-state index contributed by atoms with van der Waals surface area (Å²) in [6.07, 6.45) is 1.06. The molecule has 0 fully saturated rings. The maximum atomic E-state index is 11.7. The van der Waals surface area contributed by atoms with Crippen LogP contribution in [0.3, 0.4) is 0 Å². The zero-order chi connectivity index (χ0) is 37.4. The van der Waals surface area contributed by atoms with Crippen LogP contribution in [-0.4, -0.2) is 71.8 Å². The van der Waals surface area contributed by atoms with Crippen LogP contribution in [0.5, 0.6) is 0 Å². The van der Waals surface area contributed by atoms with E-state index in [-0.39, 0.29) is 67.9 Å². The van der Waals surface area contributed by atoms with Gasteiger partial charge in [0.05, 0.1) is 9.85 Å². The van der Waals surface area contributed by atoms with E-state index in [2.05, 4.69) is 31.9 Å². The highest BCUT2D eigenvalue weighted by Crippen LogP contribution is 2.32. The summed E-state index contributed by atoms with van der Waals surface area (Å²) < 4.78 is 0. The van der Waals surface area contributed by atoms with Crippen LogP contribution in [-0.2, 0) is 48.0 Å². The van der Waals surface area contributed by atoms with Gasteiger partial charge in [0.2, 0.25) is 35.4 Å². The highest BCUT2D eigenvalue weighted by atomic mass is 16.6. The normalized spacial score (nSPS) is 17.7. The van der Waals surface area contributed by atoms with Crippen LogP contribution in [0.4, 0.5) is 28.4 Å². The van der Waals surface area contributed by atoms with E-state index in [0.29, 0.717) is 23.2 Å². The predicted octanol–water partition coefficient (Wildman–Crippen LogP) is 1.49. The summed E-state index contributed by atoms with van der Waals surface area (Å²) in [6.45, 7) is 4.04. The number of rotatable bonds is 5. The summed E-state index contributed by atoms with van der Waals surface area (Å²) in [5, 5.41) is 36.9. The lowest BCUT2D eigenvalue weighted by atomic mass is 9.98. The number of carbonyl (C=O) groups excluding carboxylic acids is 6. The summed E-state index contributed by atoms with van der Waals surface area (Å²) in [6, 6.07) is 14.6. The van der Waals surface area contributed by atoms with Gasteiger partial charge in [-0.15, -0.1) is 0 Å². The minimum Gasteiger partial charge on any atom is -0.344 e. The first-order chi connectivity index (χ1) is 24.1. The molecule has 6 N–H and O–H groups in total. The molecule has 3 atom stereocenters. The van der Waals surface area contributed by atoms with Crippen LogP contribution in [0.2, 0.25) is 0 Å². The molecular formula is C33H34BN8O10. The summed E-state index contributed by atoms with van der Waals surface area (Å²) in [5.74, 6) is -1.72. The van der Waals surface area contributed by atoms with Crippen molar-refractivity contribution in [1.29, 1.82) is 0 Å². The summed E-state index contributed by atoms with van der Waals surface area (Å²) >= 11 is 0. The van der Waals surface area contributed by atoms with Crippen LogP contribution in [0, 0.1) is 20.2 Å². The van der Waals surface area contributed by atoms with E-state index in [9.17, 15) is 49.0 Å². The van der Waals surface area contributed by atoms with Gasteiger partial charge in [0.15, 0.2) is 0 Å². The molecule has 3 radical (unpaired) electrons. The molecule has 3 aromatic rings. The Labute approximate surface area is 298 Å². The first kappa shape index (κ1) is 39.8. The smallest absolute Gasteiger partial charge is 0.293 e. The molecule has 0 saturated carbocycles. The van der Waals surface area contributed by atoms with Crippen LogP contribution < -0.4 is 31.9 Å².